The van der Waals surface area contributed by atoms with Gasteiger partial charge in [0.15, 0.2) is 0 Å². The van der Waals surface area contributed by atoms with Gasteiger partial charge in [-0.15, -0.1) is 0 Å². The van der Waals surface area contributed by atoms with E-state index < -0.39 is 10.1 Å². The molecule has 1 rings (SSSR count). The Bertz CT molecular complexity index is 403. The Kier molecular flexibility index (Phi) is 4.92. The third-order valence-electron chi connectivity index (χ3n) is 1.22. The van der Waals surface area contributed by atoms with Crippen molar-refractivity contribution in [2.24, 2.45) is 0 Å². The van der Waals surface area contributed by atoms with E-state index in [1.54, 1.807) is 0 Å². The molecule has 2 N–H and O–H groups in total. The van der Waals surface area contributed by atoms with Crippen LogP contribution < -0.4 is 0 Å². The first-order chi connectivity index (χ1) is 5.41. The van der Waals surface area contributed by atoms with Crippen molar-refractivity contribution in [1.29, 1.82) is 0 Å². The number of rotatable bonds is 1. The van der Waals surface area contributed by atoms with Gasteiger partial charge in [-0.05, 0) is 34.1 Å². The normalized spacial score (nSPS) is 10.6. The molecule has 0 aliphatic heterocycles. The summed E-state index contributed by atoms with van der Waals surface area (Å²) in [4.78, 5) is -0.257. The second-order valence-corrected chi connectivity index (χ2v) is 4.36. The predicted molar refractivity (Wildman–Crippen MR) is 51.4 cm³/mol. The number of hydrogen-bond acceptors (Lipinski definition) is 3. The van der Waals surface area contributed by atoms with Gasteiger partial charge in [-0.3, -0.25) is 4.55 Å². The molecule has 0 fully saturated rings. The van der Waals surface area contributed by atoms with Crippen LogP contribution in [0.2, 0.25) is 0 Å². The maximum atomic E-state index is 10.5. The second kappa shape index (κ2) is 4.77. The van der Waals surface area contributed by atoms with Gasteiger partial charge < -0.3 is 5.11 Å². The molecular formula is C6H5BrNaO4S. The van der Waals surface area contributed by atoms with Crippen molar-refractivity contribution in [3.63, 3.8) is 0 Å². The number of aromatic hydroxyl groups is 1. The van der Waals surface area contributed by atoms with E-state index in [2.05, 4.69) is 15.9 Å². The summed E-state index contributed by atoms with van der Waals surface area (Å²) in [7, 11) is -4.18. The molecule has 1 aromatic rings. The molecule has 0 aromatic heterocycles. The molecule has 7 heteroatoms. The molecule has 0 saturated carbocycles. The predicted octanol–water partition coefficient (Wildman–Crippen LogP) is 1.02. The fourth-order valence-electron chi connectivity index (χ4n) is 0.648. The number of hydrogen-bond donors (Lipinski definition) is 2. The zero-order valence-corrected chi connectivity index (χ0v) is 11.1. The van der Waals surface area contributed by atoms with Gasteiger partial charge in [-0.25, -0.2) is 0 Å². The average Bonchev–Trinajstić information content (AvgIpc) is 1.92. The van der Waals surface area contributed by atoms with Crippen molar-refractivity contribution in [3.05, 3.63) is 22.7 Å². The number of phenolic OH excluding ortho intramolecular Hbond substituents is 1. The van der Waals surface area contributed by atoms with Gasteiger partial charge in [0, 0.05) is 29.6 Å². The van der Waals surface area contributed by atoms with Crippen LogP contribution >= 0.6 is 15.9 Å². The molecule has 0 heterocycles. The minimum atomic E-state index is -4.18. The van der Waals surface area contributed by atoms with Crippen molar-refractivity contribution >= 4 is 55.6 Å². The third-order valence-corrected chi connectivity index (χ3v) is 2.70. The van der Waals surface area contributed by atoms with Crippen molar-refractivity contribution in [1.82, 2.24) is 0 Å². The van der Waals surface area contributed by atoms with E-state index in [-0.39, 0.29) is 44.7 Å². The van der Waals surface area contributed by atoms with Crippen LogP contribution in [0.3, 0.4) is 0 Å². The summed E-state index contributed by atoms with van der Waals surface area (Å²) in [5.74, 6) is -0.0811. The Morgan fingerprint density at radius 2 is 1.85 bits per heavy atom. The van der Waals surface area contributed by atoms with Crippen molar-refractivity contribution in [3.8, 4) is 5.75 Å². The van der Waals surface area contributed by atoms with Crippen LogP contribution in [0.4, 0.5) is 0 Å². The fraction of sp³-hybridized carbons (Fsp3) is 0. The van der Waals surface area contributed by atoms with Crippen LogP contribution in [0.1, 0.15) is 0 Å². The van der Waals surface area contributed by atoms with Crippen molar-refractivity contribution in [2.45, 2.75) is 4.90 Å². The van der Waals surface area contributed by atoms with E-state index in [0.717, 1.165) is 12.1 Å². The summed E-state index contributed by atoms with van der Waals surface area (Å²) >= 11 is 2.91. The van der Waals surface area contributed by atoms with E-state index in [9.17, 15) is 8.42 Å². The molecule has 0 aliphatic carbocycles. The Morgan fingerprint density at radius 1 is 1.31 bits per heavy atom. The summed E-state index contributed by atoms with van der Waals surface area (Å²) < 4.78 is 29.9. The molecule has 0 aliphatic rings. The molecule has 0 atom stereocenters. The average molecular weight is 276 g/mol. The number of benzene rings is 1. The molecule has 13 heavy (non-hydrogen) atoms. The van der Waals surface area contributed by atoms with E-state index >= 15 is 0 Å². The van der Waals surface area contributed by atoms with Gasteiger partial charge >= 0.3 is 0 Å². The Balaban J connectivity index is 0.00000144. The van der Waals surface area contributed by atoms with Gasteiger partial charge in [0.25, 0.3) is 10.1 Å². The molecule has 0 bridgehead atoms. The molecule has 0 unspecified atom stereocenters. The SMILES string of the molecule is O=S(=O)(O)c1ccc(O)c(Br)c1.[Na]. The van der Waals surface area contributed by atoms with Crippen LogP contribution in [0, 0.1) is 0 Å². The van der Waals surface area contributed by atoms with Gasteiger partial charge in [0.05, 0.1) is 9.37 Å². The smallest absolute Gasteiger partial charge is 0.294 e. The van der Waals surface area contributed by atoms with Crippen LogP contribution in [-0.2, 0) is 10.1 Å². The van der Waals surface area contributed by atoms with Gasteiger partial charge in [-0.1, -0.05) is 0 Å². The minimum Gasteiger partial charge on any atom is -0.507 e. The summed E-state index contributed by atoms with van der Waals surface area (Å²) in [6, 6.07) is 3.40. The molecule has 4 nitrogen and oxygen atoms in total. The zero-order valence-electron chi connectivity index (χ0n) is 6.73. The zero-order chi connectivity index (χ0) is 9.35. The Morgan fingerprint density at radius 3 is 2.23 bits per heavy atom. The monoisotopic (exact) mass is 275 g/mol. The quantitative estimate of drug-likeness (QED) is 0.593. The van der Waals surface area contributed by atoms with Gasteiger partial charge in [0.2, 0.25) is 0 Å². The van der Waals surface area contributed by atoms with Gasteiger partial charge in [0.1, 0.15) is 5.75 Å². The summed E-state index contributed by atoms with van der Waals surface area (Å²) in [6.45, 7) is 0. The van der Waals surface area contributed by atoms with E-state index in [1.165, 1.54) is 6.07 Å². The Labute approximate surface area is 106 Å². The molecule has 0 spiro atoms. The van der Waals surface area contributed by atoms with Crippen molar-refractivity contribution in [2.75, 3.05) is 0 Å². The van der Waals surface area contributed by atoms with Crippen molar-refractivity contribution < 1.29 is 18.1 Å². The first-order valence-electron chi connectivity index (χ1n) is 2.87. The summed E-state index contributed by atoms with van der Waals surface area (Å²) in [5.41, 5.74) is 0. The second-order valence-electron chi connectivity index (χ2n) is 2.09. The summed E-state index contributed by atoms with van der Waals surface area (Å²) in [6.07, 6.45) is 0. The number of phenols is 1. The van der Waals surface area contributed by atoms with Gasteiger partial charge in [-0.2, -0.15) is 8.42 Å². The molecule has 0 saturated heterocycles. The molecule has 1 radical (unpaired) electrons. The molecule has 67 valence electrons. The standard InChI is InChI=1S/C6H5BrO4S.Na/c7-5-3-4(12(9,10)11)1-2-6(5)8;/h1-3,8H,(H,9,10,11);. The largest absolute Gasteiger partial charge is 0.507 e. The molecule has 1 aromatic carbocycles. The van der Waals surface area contributed by atoms with Crippen LogP contribution in [0.25, 0.3) is 0 Å². The summed E-state index contributed by atoms with van der Waals surface area (Å²) in [5, 5.41) is 8.99. The van der Waals surface area contributed by atoms with E-state index in [4.69, 9.17) is 9.66 Å². The number of halogens is 1. The minimum absolute atomic E-state index is 0. The van der Waals surface area contributed by atoms with E-state index in [1.807, 2.05) is 0 Å². The van der Waals surface area contributed by atoms with Crippen LogP contribution in [-0.4, -0.2) is 47.6 Å². The maximum absolute atomic E-state index is 10.5. The third kappa shape index (κ3) is 3.57. The maximum Gasteiger partial charge on any atom is 0.294 e. The topological polar surface area (TPSA) is 74.6 Å². The van der Waals surface area contributed by atoms with Crippen LogP contribution in [0.15, 0.2) is 27.6 Å². The first-order valence-corrected chi connectivity index (χ1v) is 5.10. The Hall–Kier alpha value is 0.410. The van der Waals surface area contributed by atoms with Crippen LogP contribution in [0.5, 0.6) is 5.75 Å². The van der Waals surface area contributed by atoms with E-state index in [0.29, 0.717) is 0 Å². The molecular weight excluding hydrogens is 271 g/mol. The first kappa shape index (κ1) is 13.4. The molecule has 0 amide bonds. The fourth-order valence-corrected chi connectivity index (χ4v) is 1.69.